The van der Waals surface area contributed by atoms with Crippen LogP contribution in [0.25, 0.3) is 0 Å². The number of carbonyl (C=O) groups excluding carboxylic acids is 1. The summed E-state index contributed by atoms with van der Waals surface area (Å²) in [6.45, 7) is 2.72. The van der Waals surface area contributed by atoms with E-state index in [-0.39, 0.29) is 6.61 Å². The minimum Gasteiger partial charge on any atom is -0.466 e. The Balaban J connectivity index is 2.79. The fraction of sp³-hybridized carbons (Fsp3) is 0.786. The Hall–Kier alpha value is -0.960. The Bertz CT molecular complexity index is 507. The minimum absolute atomic E-state index is 0.109. The molecule has 140 valence electrons. The molecule has 0 aromatic carbocycles. The van der Waals surface area contributed by atoms with Crippen molar-refractivity contribution in [1.82, 2.24) is 0 Å². The summed E-state index contributed by atoms with van der Waals surface area (Å²) >= 11 is 5.39. The van der Waals surface area contributed by atoms with Crippen LogP contribution in [0.4, 0.5) is 26.3 Å². The first-order chi connectivity index (χ1) is 10.8. The summed E-state index contributed by atoms with van der Waals surface area (Å²) in [5, 5.41) is -1.25. The zero-order valence-corrected chi connectivity index (χ0v) is 13.9. The van der Waals surface area contributed by atoms with Gasteiger partial charge in [0, 0.05) is 0 Å². The van der Waals surface area contributed by atoms with Crippen molar-refractivity contribution in [2.75, 3.05) is 13.2 Å². The average molecular weight is 383 g/mol. The van der Waals surface area contributed by atoms with Crippen molar-refractivity contribution in [3.63, 3.8) is 0 Å². The van der Waals surface area contributed by atoms with Gasteiger partial charge in [-0.25, -0.2) is 8.78 Å². The van der Waals surface area contributed by atoms with Crippen LogP contribution in [0.5, 0.6) is 0 Å². The Morgan fingerprint density at radius 2 is 1.83 bits per heavy atom. The van der Waals surface area contributed by atoms with E-state index in [9.17, 15) is 31.1 Å². The fourth-order valence-electron chi connectivity index (χ4n) is 2.24. The molecule has 0 aliphatic heterocycles. The predicted octanol–water partition coefficient (Wildman–Crippen LogP) is 4.45. The number of halogens is 7. The SMILES string of the molecule is CCOC(=O)[C@@H]1[C@@H](C=C(Cl)C(F)(F)OCC(F)(F)C(F)F)C1(C)C. The number of hydrogen-bond acceptors (Lipinski definition) is 3. The van der Waals surface area contributed by atoms with Crippen molar-refractivity contribution >= 4 is 17.6 Å². The number of alkyl halides is 6. The Morgan fingerprint density at radius 3 is 2.29 bits per heavy atom. The molecule has 0 heterocycles. The van der Waals surface area contributed by atoms with Crippen molar-refractivity contribution in [3.05, 3.63) is 11.1 Å². The molecule has 0 aromatic rings. The smallest absolute Gasteiger partial charge is 0.393 e. The molecule has 10 heteroatoms. The first-order valence-corrected chi connectivity index (χ1v) is 7.37. The van der Waals surface area contributed by atoms with Gasteiger partial charge in [-0.15, -0.1) is 0 Å². The highest BCUT2D eigenvalue weighted by atomic mass is 35.5. The minimum atomic E-state index is -4.73. The first-order valence-electron chi connectivity index (χ1n) is 6.99. The Labute approximate surface area is 139 Å². The average Bonchev–Trinajstić information content (AvgIpc) is 2.98. The molecule has 1 aliphatic carbocycles. The van der Waals surface area contributed by atoms with E-state index in [0.717, 1.165) is 6.08 Å². The third-order valence-corrected chi connectivity index (χ3v) is 4.17. The summed E-state index contributed by atoms with van der Waals surface area (Å²) in [6, 6.07) is 0. The lowest BCUT2D eigenvalue weighted by atomic mass is 10.1. The highest BCUT2D eigenvalue weighted by Crippen LogP contribution is 2.60. The highest BCUT2D eigenvalue weighted by molar-refractivity contribution is 6.30. The summed E-state index contributed by atoms with van der Waals surface area (Å²) in [5.41, 5.74) is -0.713. The van der Waals surface area contributed by atoms with Crippen LogP contribution < -0.4 is 0 Å². The molecule has 0 amide bonds. The molecule has 2 atom stereocenters. The van der Waals surface area contributed by atoms with Gasteiger partial charge >= 0.3 is 24.4 Å². The Morgan fingerprint density at radius 1 is 1.29 bits per heavy atom. The lowest BCUT2D eigenvalue weighted by Crippen LogP contribution is -2.36. The van der Waals surface area contributed by atoms with E-state index >= 15 is 0 Å². The second-order valence-corrected chi connectivity index (χ2v) is 6.37. The summed E-state index contributed by atoms with van der Waals surface area (Å²) in [5.74, 6) is -6.76. The molecule has 0 radical (unpaired) electrons. The van der Waals surface area contributed by atoms with Gasteiger partial charge in [0.25, 0.3) is 0 Å². The van der Waals surface area contributed by atoms with Gasteiger partial charge in [-0.05, 0) is 18.3 Å². The Kier molecular flexibility index (Phi) is 6.25. The van der Waals surface area contributed by atoms with Gasteiger partial charge in [-0.3, -0.25) is 4.79 Å². The number of esters is 1. The maximum absolute atomic E-state index is 13.6. The van der Waals surface area contributed by atoms with Crippen LogP contribution in [0.15, 0.2) is 11.1 Å². The zero-order valence-electron chi connectivity index (χ0n) is 13.1. The summed E-state index contributed by atoms with van der Waals surface area (Å²) in [6.07, 6.45) is -7.71. The molecule has 1 saturated carbocycles. The molecular weight excluding hydrogens is 366 g/mol. The molecule has 0 bridgehead atoms. The van der Waals surface area contributed by atoms with Crippen LogP contribution >= 0.6 is 11.6 Å². The molecule has 1 aliphatic rings. The zero-order chi connectivity index (χ0) is 18.9. The lowest BCUT2D eigenvalue weighted by molar-refractivity contribution is -0.258. The van der Waals surface area contributed by atoms with Crippen molar-refractivity contribution in [2.45, 2.75) is 39.2 Å². The van der Waals surface area contributed by atoms with Crippen LogP contribution in [0, 0.1) is 17.3 Å². The third kappa shape index (κ3) is 4.56. The summed E-state index contributed by atoms with van der Waals surface area (Å²) in [7, 11) is 0. The molecule has 1 fully saturated rings. The topological polar surface area (TPSA) is 35.5 Å². The number of allylic oxidation sites excluding steroid dienone is 1. The second-order valence-electron chi connectivity index (χ2n) is 5.96. The van der Waals surface area contributed by atoms with Crippen molar-refractivity contribution in [2.24, 2.45) is 17.3 Å². The molecule has 24 heavy (non-hydrogen) atoms. The van der Waals surface area contributed by atoms with Gasteiger partial charge < -0.3 is 9.47 Å². The van der Waals surface area contributed by atoms with Gasteiger partial charge in [0.1, 0.15) is 11.6 Å². The fourth-order valence-corrected chi connectivity index (χ4v) is 2.43. The molecule has 3 nitrogen and oxygen atoms in total. The quantitative estimate of drug-likeness (QED) is 0.459. The maximum atomic E-state index is 13.6. The number of rotatable bonds is 8. The van der Waals surface area contributed by atoms with Crippen LogP contribution in [0.1, 0.15) is 20.8 Å². The van der Waals surface area contributed by atoms with E-state index in [1.807, 2.05) is 0 Å². The molecule has 1 rings (SSSR count). The normalized spacial score (nSPS) is 24.2. The van der Waals surface area contributed by atoms with E-state index < -0.39 is 53.3 Å². The predicted molar refractivity (Wildman–Crippen MR) is 73.2 cm³/mol. The number of ether oxygens (including phenoxy) is 2. The van der Waals surface area contributed by atoms with Crippen LogP contribution in [0.3, 0.4) is 0 Å². The van der Waals surface area contributed by atoms with E-state index in [2.05, 4.69) is 4.74 Å². The van der Waals surface area contributed by atoms with Gasteiger partial charge in [-0.1, -0.05) is 31.5 Å². The van der Waals surface area contributed by atoms with Gasteiger partial charge in [0.2, 0.25) is 0 Å². The van der Waals surface area contributed by atoms with Crippen molar-refractivity contribution in [3.8, 4) is 0 Å². The third-order valence-electron chi connectivity index (χ3n) is 3.82. The summed E-state index contributed by atoms with van der Waals surface area (Å²) < 4.78 is 84.8. The van der Waals surface area contributed by atoms with Gasteiger partial charge in [-0.2, -0.15) is 17.6 Å². The van der Waals surface area contributed by atoms with E-state index in [4.69, 9.17) is 16.3 Å². The monoisotopic (exact) mass is 382 g/mol. The van der Waals surface area contributed by atoms with Gasteiger partial charge in [0.15, 0.2) is 0 Å². The van der Waals surface area contributed by atoms with Crippen molar-refractivity contribution in [1.29, 1.82) is 0 Å². The first kappa shape index (κ1) is 21.1. The lowest BCUT2D eigenvalue weighted by Gasteiger charge is -2.20. The number of hydrogen-bond donors (Lipinski definition) is 0. The molecule has 0 N–H and O–H groups in total. The van der Waals surface area contributed by atoms with E-state index in [1.165, 1.54) is 0 Å². The molecule has 0 unspecified atom stereocenters. The van der Waals surface area contributed by atoms with Gasteiger partial charge in [0.05, 0.1) is 12.5 Å². The van der Waals surface area contributed by atoms with Crippen LogP contribution in [-0.2, 0) is 14.3 Å². The van der Waals surface area contributed by atoms with Crippen LogP contribution in [0.2, 0.25) is 0 Å². The molecule has 0 aromatic heterocycles. The van der Waals surface area contributed by atoms with E-state index in [1.54, 1.807) is 20.8 Å². The van der Waals surface area contributed by atoms with E-state index in [0.29, 0.717) is 0 Å². The second kappa shape index (κ2) is 7.11. The highest BCUT2D eigenvalue weighted by Gasteiger charge is 2.62. The number of carbonyl (C=O) groups is 1. The standard InChI is InChI=1S/C14H17ClF6O3/c1-4-23-10(22)9-7(12(9,2)3)5-8(15)14(20,21)24-6-13(18,19)11(16)17/h5,7,9,11H,4,6H2,1-3H3/t7-,9+/m1/s1. The molecule has 0 saturated heterocycles. The molecule has 0 spiro atoms. The van der Waals surface area contributed by atoms with Crippen molar-refractivity contribution < 1.29 is 40.6 Å². The summed E-state index contributed by atoms with van der Waals surface area (Å²) in [4.78, 5) is 11.7. The van der Waals surface area contributed by atoms with Crippen LogP contribution in [-0.4, -0.2) is 37.6 Å². The largest absolute Gasteiger partial charge is 0.466 e. The molecular formula is C14H17ClF6O3. The maximum Gasteiger partial charge on any atom is 0.393 e.